The van der Waals surface area contributed by atoms with E-state index in [1.54, 1.807) is 0 Å². The van der Waals surface area contributed by atoms with Crippen LogP contribution in [0.2, 0.25) is 0 Å². The Morgan fingerprint density at radius 1 is 0.808 bits per heavy atom. The molecule has 3 heteroatoms. The van der Waals surface area contributed by atoms with Gasteiger partial charge in [0.15, 0.2) is 0 Å². The molecule has 3 rings (SSSR count). The zero-order valence-corrected chi connectivity index (χ0v) is 15.3. The lowest BCUT2D eigenvalue weighted by atomic mass is 10.4. The van der Waals surface area contributed by atoms with E-state index in [0.717, 1.165) is 15.9 Å². The Morgan fingerprint density at radius 2 is 1.19 bits per heavy atom. The van der Waals surface area contributed by atoms with Crippen molar-refractivity contribution in [1.29, 1.82) is 0 Å². The fourth-order valence-electron chi connectivity index (χ4n) is 3.02. The van der Waals surface area contributed by atoms with Crippen LogP contribution >= 0.6 is 6.89 Å². The molecule has 0 radical (unpaired) electrons. The van der Waals surface area contributed by atoms with Crippen molar-refractivity contribution in [3.8, 4) is 12.3 Å². The van der Waals surface area contributed by atoms with E-state index in [0.29, 0.717) is 0 Å². The first-order valence-corrected chi connectivity index (χ1v) is 10.3. The predicted octanol–water partition coefficient (Wildman–Crippen LogP) is 2.53. The topological polar surface area (TPSA) is 29.1 Å². The fraction of sp³-hybridized carbons (Fsp3) is 0.0435. The average molecular weight is 357 g/mol. The zero-order chi connectivity index (χ0) is 18.2. The molecule has 0 aliphatic heterocycles. The van der Waals surface area contributed by atoms with Crippen molar-refractivity contribution in [1.82, 2.24) is 5.32 Å². The molecule has 0 saturated carbocycles. The van der Waals surface area contributed by atoms with Gasteiger partial charge in [-0.2, -0.15) is 0 Å². The molecule has 3 aromatic rings. The lowest BCUT2D eigenvalue weighted by Gasteiger charge is -2.28. The molecule has 1 amide bonds. The molecule has 0 saturated heterocycles. The quantitative estimate of drug-likeness (QED) is 0.552. The van der Waals surface area contributed by atoms with Gasteiger partial charge in [0.2, 0.25) is 5.91 Å². The van der Waals surface area contributed by atoms with Crippen LogP contribution < -0.4 is 21.2 Å². The summed E-state index contributed by atoms with van der Waals surface area (Å²) >= 11 is 0. The summed E-state index contributed by atoms with van der Waals surface area (Å²) < 4.78 is 0. The van der Waals surface area contributed by atoms with Gasteiger partial charge in [0.05, 0.1) is 6.54 Å². The molecule has 2 nitrogen and oxygen atoms in total. The van der Waals surface area contributed by atoms with Gasteiger partial charge in [0, 0.05) is 5.80 Å². The summed E-state index contributed by atoms with van der Waals surface area (Å²) in [5.74, 6) is 4.16. The molecule has 0 heterocycles. The van der Waals surface area contributed by atoms with Crippen LogP contribution in [-0.2, 0) is 4.79 Å². The van der Waals surface area contributed by atoms with E-state index < -0.39 is 6.89 Å². The van der Waals surface area contributed by atoms with Crippen LogP contribution in [0.1, 0.15) is 0 Å². The Bertz CT molecular complexity index is 854. The van der Waals surface area contributed by atoms with Crippen LogP contribution in [-0.4, -0.2) is 18.2 Å². The zero-order valence-electron chi connectivity index (χ0n) is 14.4. The van der Waals surface area contributed by atoms with Crippen LogP contribution in [0, 0.1) is 12.3 Å². The van der Waals surface area contributed by atoms with E-state index >= 15 is 0 Å². The number of carbonyl (C=O) groups is 1. The van der Waals surface area contributed by atoms with E-state index in [-0.39, 0.29) is 12.5 Å². The third-order valence-corrected chi connectivity index (χ3v) is 8.13. The Balaban J connectivity index is 2.34. The summed E-state index contributed by atoms with van der Waals surface area (Å²) in [5.41, 5.74) is 0. The Morgan fingerprint density at radius 3 is 1.54 bits per heavy atom. The maximum absolute atomic E-state index is 12.7. The number of carbonyl (C=O) groups excluding carboxylic acids is 1. The number of nitrogens with one attached hydrogen (secondary N) is 1. The van der Waals surface area contributed by atoms with Gasteiger partial charge in [-0.1, -0.05) is 96.9 Å². The van der Waals surface area contributed by atoms with Crippen LogP contribution in [0.15, 0.2) is 91.0 Å². The minimum absolute atomic E-state index is 0.146. The summed E-state index contributed by atoms with van der Waals surface area (Å²) in [7, 11) is 0. The summed E-state index contributed by atoms with van der Waals surface area (Å²) in [4.78, 5) is 12.7. The van der Waals surface area contributed by atoms with Crippen molar-refractivity contribution >= 4 is 34.5 Å². The van der Waals surface area contributed by atoms with E-state index in [9.17, 15) is 4.79 Å². The number of hydrogen-bond donors (Lipinski definition) is 1. The van der Waals surface area contributed by atoms with Crippen LogP contribution in [0.3, 0.4) is 0 Å². The van der Waals surface area contributed by atoms with E-state index in [4.69, 9.17) is 6.42 Å². The van der Waals surface area contributed by atoms with Gasteiger partial charge in [-0.25, -0.2) is 0 Å². The van der Waals surface area contributed by atoms with Crippen molar-refractivity contribution in [2.24, 2.45) is 0 Å². The van der Waals surface area contributed by atoms with Gasteiger partial charge in [0.1, 0.15) is 0 Å². The van der Waals surface area contributed by atoms with E-state index in [2.05, 4.69) is 47.6 Å². The van der Waals surface area contributed by atoms with Gasteiger partial charge in [-0.15, -0.1) is 6.42 Å². The lowest BCUT2D eigenvalue weighted by molar-refractivity contribution is -0.114. The minimum Gasteiger partial charge on any atom is -0.342 e. The minimum atomic E-state index is -2.26. The Kier molecular flexibility index (Phi) is 5.74. The predicted molar refractivity (Wildman–Crippen MR) is 113 cm³/mol. The van der Waals surface area contributed by atoms with Gasteiger partial charge >= 0.3 is 0 Å². The first kappa shape index (κ1) is 17.8. The maximum Gasteiger partial charge on any atom is 0.245 e. The summed E-state index contributed by atoms with van der Waals surface area (Å²) in [6.45, 7) is -2.04. The van der Waals surface area contributed by atoms with Gasteiger partial charge < -0.3 is 5.32 Å². The third-order valence-electron chi connectivity index (χ3n) is 4.17. The second kappa shape index (κ2) is 8.39. The monoisotopic (exact) mass is 357 g/mol. The number of rotatable bonds is 5. The molecule has 0 bridgehead atoms. The molecular formula is C23H20NOP. The first-order valence-electron chi connectivity index (χ1n) is 8.40. The number of benzene rings is 3. The Hall–Kier alpha value is -3.01. The van der Waals surface area contributed by atoms with Gasteiger partial charge in [0.25, 0.3) is 0 Å². The highest BCUT2D eigenvalue weighted by Gasteiger charge is 2.26. The van der Waals surface area contributed by atoms with E-state index in [1.165, 1.54) is 0 Å². The molecule has 128 valence electrons. The second-order valence-electron chi connectivity index (χ2n) is 5.78. The molecule has 0 atom stereocenters. The first-order chi connectivity index (χ1) is 12.8. The summed E-state index contributed by atoms with van der Waals surface area (Å²) in [6, 6.07) is 30.7. The summed E-state index contributed by atoms with van der Waals surface area (Å²) in [6.07, 6.45) is 5.30. The number of terminal acetylenes is 1. The average Bonchev–Trinajstić information content (AvgIpc) is 2.72. The number of hydrogen-bond acceptors (Lipinski definition) is 1. The highest BCUT2D eigenvalue weighted by Crippen LogP contribution is 2.43. The molecule has 0 unspecified atom stereocenters. The van der Waals surface area contributed by atoms with E-state index in [1.807, 2.05) is 60.4 Å². The smallest absolute Gasteiger partial charge is 0.245 e. The Labute approximate surface area is 154 Å². The van der Waals surface area contributed by atoms with Crippen molar-refractivity contribution in [3.63, 3.8) is 0 Å². The highest BCUT2D eigenvalue weighted by molar-refractivity contribution is 7.95. The van der Waals surface area contributed by atoms with Crippen molar-refractivity contribution in [2.45, 2.75) is 0 Å². The molecule has 0 fully saturated rings. The van der Waals surface area contributed by atoms with Gasteiger partial charge in [-0.05, 0) is 22.8 Å². The molecule has 0 aromatic heterocycles. The highest BCUT2D eigenvalue weighted by atomic mass is 31.2. The molecular weight excluding hydrogens is 337 g/mol. The van der Waals surface area contributed by atoms with Crippen molar-refractivity contribution in [3.05, 3.63) is 91.0 Å². The van der Waals surface area contributed by atoms with Crippen molar-refractivity contribution < 1.29 is 4.79 Å². The third kappa shape index (κ3) is 3.64. The molecule has 0 spiro atoms. The van der Waals surface area contributed by atoms with Crippen molar-refractivity contribution in [2.75, 3.05) is 6.54 Å². The molecule has 26 heavy (non-hydrogen) atoms. The summed E-state index contributed by atoms with van der Waals surface area (Å²) in [5, 5.41) is 6.19. The van der Waals surface area contributed by atoms with Crippen LogP contribution in [0.25, 0.3) is 0 Å². The largest absolute Gasteiger partial charge is 0.342 e. The van der Waals surface area contributed by atoms with Crippen LogP contribution in [0.5, 0.6) is 0 Å². The number of amides is 1. The molecule has 0 aliphatic rings. The fourth-order valence-corrected chi connectivity index (χ4v) is 6.73. The molecule has 0 aliphatic carbocycles. The SMILES string of the molecule is C#CCNC(=O)C=P(c1ccccc1)(c1ccccc1)c1ccccc1. The standard InChI is InChI=1S/C23H20NOP/c1-2-18-24-23(25)19-26(20-12-6-3-7-13-20,21-14-8-4-9-15-21)22-16-10-5-11-17-22/h1,3-17,19H,18H2,(H,24,25). The normalized spacial score (nSPS) is 10.6. The second-order valence-corrected chi connectivity index (χ2v) is 9.03. The molecule has 1 N–H and O–H groups in total. The maximum atomic E-state index is 12.7. The lowest BCUT2D eigenvalue weighted by Crippen LogP contribution is -2.32. The van der Waals surface area contributed by atoms with Gasteiger partial charge in [-0.3, -0.25) is 4.79 Å². The van der Waals surface area contributed by atoms with Crippen LogP contribution in [0.4, 0.5) is 0 Å². The molecule has 3 aromatic carbocycles.